The highest BCUT2D eigenvalue weighted by Crippen LogP contribution is 2.39. The first kappa shape index (κ1) is 30.7. The van der Waals surface area contributed by atoms with E-state index in [0.717, 1.165) is 43.7 Å². The molecule has 0 spiro atoms. The molecule has 4 atom stereocenters. The maximum absolute atomic E-state index is 12.9. The number of amides is 1. The SMILES string of the molecule is CN1CCC[C@H]1COc1nc2c(c(N3CCN(C(=O)C4CO4)[C@@H](CC#N)C3)n1)CC[C@H](c1cccc3ccccc13)C2.O=CO. The van der Waals surface area contributed by atoms with Gasteiger partial charge in [0, 0.05) is 31.2 Å². The molecule has 4 aliphatic rings. The normalized spacial score (nSPS) is 24.3. The van der Waals surface area contributed by atoms with Gasteiger partial charge in [0.15, 0.2) is 6.10 Å². The third-order valence-corrected chi connectivity index (χ3v) is 9.57. The molecule has 1 amide bonds. The Kier molecular flexibility index (Phi) is 9.42. The number of carbonyl (C=O) groups excluding carboxylic acids is 1. The number of likely N-dealkylation sites (N-methyl/N-ethyl adjacent to an activating group) is 1. The summed E-state index contributed by atoms with van der Waals surface area (Å²) in [6.07, 6.45) is 4.97. The molecule has 45 heavy (non-hydrogen) atoms. The van der Waals surface area contributed by atoms with Gasteiger partial charge >= 0.3 is 6.01 Å². The second-order valence-corrected chi connectivity index (χ2v) is 12.3. The summed E-state index contributed by atoms with van der Waals surface area (Å²) in [6.45, 7) is 3.65. The van der Waals surface area contributed by atoms with E-state index in [1.165, 1.54) is 28.3 Å². The second-order valence-electron chi connectivity index (χ2n) is 12.3. The van der Waals surface area contributed by atoms with Crippen LogP contribution in [0.2, 0.25) is 0 Å². The summed E-state index contributed by atoms with van der Waals surface area (Å²) in [5, 5.41) is 19.0. The number of anilines is 1. The standard InChI is InChI=1S/C33H38N6O3.CH2O2/c1-37-15-5-8-25(37)20-42-33-35-29-18-23(27-10-4-7-22-6-2-3-9-26(22)27)11-12-28(29)31(36-33)38-16-17-39(24(19-38)13-14-34)32(40)30-21-41-30;2-1-3/h2-4,6-7,9-10,23-25,30H,5,8,11-13,15-21H2,1H3;1H,(H,2,3)/t23-,24-,25-,30?;/m0./s1. The highest BCUT2D eigenvalue weighted by molar-refractivity contribution is 5.86. The van der Waals surface area contributed by atoms with Gasteiger partial charge in [0.2, 0.25) is 0 Å². The van der Waals surface area contributed by atoms with Crippen molar-refractivity contribution in [1.29, 1.82) is 5.26 Å². The number of carboxylic acid groups (broad SMARTS) is 1. The van der Waals surface area contributed by atoms with Gasteiger partial charge in [-0.15, -0.1) is 0 Å². The first-order chi connectivity index (χ1) is 22.0. The zero-order valence-corrected chi connectivity index (χ0v) is 25.7. The number of benzene rings is 2. The van der Waals surface area contributed by atoms with Crippen LogP contribution >= 0.6 is 0 Å². The second kappa shape index (κ2) is 13.8. The number of hydrogen-bond donors (Lipinski definition) is 1. The lowest BCUT2D eigenvalue weighted by Gasteiger charge is -2.42. The van der Waals surface area contributed by atoms with Gasteiger partial charge < -0.3 is 29.3 Å². The van der Waals surface area contributed by atoms with Crippen molar-refractivity contribution in [2.24, 2.45) is 0 Å². The van der Waals surface area contributed by atoms with Crippen molar-refractivity contribution in [3.63, 3.8) is 0 Å². The number of epoxide rings is 1. The number of piperazine rings is 1. The Morgan fingerprint density at radius 2 is 1.93 bits per heavy atom. The quantitative estimate of drug-likeness (QED) is 0.312. The molecule has 3 aliphatic heterocycles. The average Bonchev–Trinajstić information content (AvgIpc) is 3.84. The monoisotopic (exact) mass is 612 g/mol. The molecule has 4 heterocycles. The van der Waals surface area contributed by atoms with Gasteiger partial charge in [-0.3, -0.25) is 9.59 Å². The molecule has 236 valence electrons. The van der Waals surface area contributed by atoms with Gasteiger partial charge in [0.1, 0.15) is 12.4 Å². The Morgan fingerprint density at radius 3 is 2.69 bits per heavy atom. The first-order valence-electron chi connectivity index (χ1n) is 15.8. The van der Waals surface area contributed by atoms with Crippen LogP contribution in [0.3, 0.4) is 0 Å². The zero-order chi connectivity index (χ0) is 31.3. The van der Waals surface area contributed by atoms with Crippen molar-refractivity contribution in [1.82, 2.24) is 19.8 Å². The summed E-state index contributed by atoms with van der Waals surface area (Å²) in [5.74, 6) is 1.27. The van der Waals surface area contributed by atoms with E-state index in [2.05, 4.69) is 65.4 Å². The van der Waals surface area contributed by atoms with Gasteiger partial charge in [0.25, 0.3) is 12.4 Å². The third kappa shape index (κ3) is 6.72. The minimum absolute atomic E-state index is 0.00208. The molecular weight excluding hydrogens is 572 g/mol. The van der Waals surface area contributed by atoms with Gasteiger partial charge in [-0.05, 0) is 68.0 Å². The first-order valence-corrected chi connectivity index (χ1v) is 15.8. The molecule has 3 fully saturated rings. The van der Waals surface area contributed by atoms with Crippen LogP contribution in [0.15, 0.2) is 42.5 Å². The van der Waals surface area contributed by atoms with E-state index < -0.39 is 0 Å². The number of rotatable bonds is 7. The fourth-order valence-corrected chi connectivity index (χ4v) is 7.13. The van der Waals surface area contributed by atoms with Crippen molar-refractivity contribution in [2.75, 3.05) is 51.3 Å². The largest absolute Gasteiger partial charge is 0.483 e. The Hall–Kier alpha value is -4.27. The predicted molar refractivity (Wildman–Crippen MR) is 168 cm³/mol. The lowest BCUT2D eigenvalue weighted by Crippen LogP contribution is -2.56. The van der Waals surface area contributed by atoms with Crippen molar-refractivity contribution in [2.45, 2.75) is 62.6 Å². The summed E-state index contributed by atoms with van der Waals surface area (Å²) < 4.78 is 11.6. The van der Waals surface area contributed by atoms with Crippen molar-refractivity contribution < 1.29 is 24.2 Å². The van der Waals surface area contributed by atoms with E-state index in [1.54, 1.807) is 0 Å². The lowest BCUT2D eigenvalue weighted by atomic mass is 9.80. The number of hydrogen-bond acceptors (Lipinski definition) is 9. The third-order valence-electron chi connectivity index (χ3n) is 9.57. The Morgan fingerprint density at radius 1 is 1.13 bits per heavy atom. The molecule has 0 saturated carbocycles. The molecule has 1 aromatic heterocycles. The summed E-state index contributed by atoms with van der Waals surface area (Å²) >= 11 is 0. The summed E-state index contributed by atoms with van der Waals surface area (Å²) in [6, 6.07) is 18.1. The molecule has 2 aromatic carbocycles. The molecule has 0 bridgehead atoms. The highest BCUT2D eigenvalue weighted by atomic mass is 16.6. The van der Waals surface area contributed by atoms with Crippen LogP contribution < -0.4 is 9.64 Å². The lowest BCUT2D eigenvalue weighted by molar-refractivity contribution is -0.135. The van der Waals surface area contributed by atoms with E-state index in [0.29, 0.717) is 50.8 Å². The van der Waals surface area contributed by atoms with Gasteiger partial charge in [-0.2, -0.15) is 15.2 Å². The van der Waals surface area contributed by atoms with Crippen LogP contribution in [-0.4, -0.2) is 102 Å². The summed E-state index contributed by atoms with van der Waals surface area (Å²) in [4.78, 5) is 37.8. The van der Waals surface area contributed by atoms with Gasteiger partial charge in [0.05, 0.1) is 30.8 Å². The fraction of sp³-hybridized carbons (Fsp3) is 0.500. The topological polar surface area (TPSA) is 135 Å². The maximum Gasteiger partial charge on any atom is 0.318 e. The van der Waals surface area contributed by atoms with E-state index in [1.807, 2.05) is 4.90 Å². The van der Waals surface area contributed by atoms with Crippen molar-refractivity contribution in [3.05, 3.63) is 59.3 Å². The van der Waals surface area contributed by atoms with Crippen LogP contribution in [0.25, 0.3) is 10.8 Å². The highest BCUT2D eigenvalue weighted by Gasteiger charge is 2.41. The minimum Gasteiger partial charge on any atom is -0.483 e. The molecule has 1 aliphatic carbocycles. The number of nitriles is 1. The van der Waals surface area contributed by atoms with Crippen molar-refractivity contribution >= 4 is 29.0 Å². The summed E-state index contributed by atoms with van der Waals surface area (Å²) in [5.41, 5.74) is 3.61. The number of nitrogens with zero attached hydrogens (tertiary/aromatic N) is 6. The van der Waals surface area contributed by atoms with E-state index in [-0.39, 0.29) is 30.9 Å². The molecule has 1 N–H and O–H groups in total. The molecule has 7 rings (SSSR count). The summed E-state index contributed by atoms with van der Waals surface area (Å²) in [7, 11) is 2.15. The minimum atomic E-state index is -0.343. The zero-order valence-electron chi connectivity index (χ0n) is 25.7. The smallest absolute Gasteiger partial charge is 0.318 e. The molecule has 3 saturated heterocycles. The Labute approximate surface area is 263 Å². The molecule has 11 nitrogen and oxygen atoms in total. The van der Waals surface area contributed by atoms with Crippen molar-refractivity contribution in [3.8, 4) is 12.1 Å². The maximum atomic E-state index is 12.9. The number of ether oxygens (including phenoxy) is 2. The van der Waals surface area contributed by atoms with Crippen LogP contribution in [0.5, 0.6) is 6.01 Å². The average molecular weight is 613 g/mol. The van der Waals surface area contributed by atoms with Crippen LogP contribution in [-0.2, 0) is 27.2 Å². The van der Waals surface area contributed by atoms with Gasteiger partial charge in [-0.1, -0.05) is 42.5 Å². The Balaban J connectivity index is 0.00000115. The van der Waals surface area contributed by atoms with Gasteiger partial charge in [-0.25, -0.2) is 0 Å². The molecule has 1 unspecified atom stereocenters. The number of fused-ring (bicyclic) bond motifs is 2. The number of carbonyl (C=O) groups is 2. The van der Waals surface area contributed by atoms with Crippen LogP contribution in [0.4, 0.5) is 5.82 Å². The molecule has 0 radical (unpaired) electrons. The van der Waals surface area contributed by atoms with E-state index >= 15 is 0 Å². The van der Waals surface area contributed by atoms with Crippen LogP contribution in [0.1, 0.15) is 48.4 Å². The van der Waals surface area contributed by atoms with E-state index in [4.69, 9.17) is 29.3 Å². The number of aromatic nitrogens is 2. The van der Waals surface area contributed by atoms with Crippen LogP contribution in [0, 0.1) is 11.3 Å². The number of likely N-dealkylation sites (tertiary alicyclic amines) is 1. The fourth-order valence-electron chi connectivity index (χ4n) is 7.13. The Bertz CT molecular complexity index is 1570. The predicted octanol–water partition coefficient (Wildman–Crippen LogP) is 3.41. The van der Waals surface area contributed by atoms with E-state index in [9.17, 15) is 10.1 Å². The molecule has 3 aromatic rings. The molecule has 11 heteroatoms. The molecular formula is C34H40N6O5.